The molecule has 6 rings (SSSR count). The number of nitrogens with one attached hydrogen (secondary N) is 3. The molecular formula is C38H50N4O7. The van der Waals surface area contributed by atoms with Crippen LogP contribution in [-0.4, -0.2) is 86.2 Å². The van der Waals surface area contributed by atoms with E-state index in [2.05, 4.69) is 16.0 Å². The van der Waals surface area contributed by atoms with Gasteiger partial charge in [0.05, 0.1) is 39.0 Å². The van der Waals surface area contributed by atoms with Crippen LogP contribution < -0.4 is 20.7 Å². The predicted molar refractivity (Wildman–Crippen MR) is 183 cm³/mol. The van der Waals surface area contributed by atoms with Crippen molar-refractivity contribution in [2.24, 2.45) is 11.3 Å². The molecule has 0 radical (unpaired) electrons. The van der Waals surface area contributed by atoms with Crippen LogP contribution in [-0.2, 0) is 41.6 Å². The second-order valence-corrected chi connectivity index (χ2v) is 14.3. The highest BCUT2D eigenvalue weighted by Gasteiger charge is 2.50. The minimum atomic E-state index is -1.13. The van der Waals surface area contributed by atoms with Crippen LogP contribution in [0.15, 0.2) is 48.5 Å². The van der Waals surface area contributed by atoms with Crippen molar-refractivity contribution in [3.8, 4) is 5.75 Å². The Labute approximate surface area is 288 Å². The van der Waals surface area contributed by atoms with E-state index in [1.807, 2.05) is 55.5 Å². The molecule has 2 saturated heterocycles. The number of ether oxygens (including phenoxy) is 3. The van der Waals surface area contributed by atoms with Crippen LogP contribution in [0.5, 0.6) is 5.75 Å². The second-order valence-electron chi connectivity index (χ2n) is 14.3. The van der Waals surface area contributed by atoms with Gasteiger partial charge in [0.15, 0.2) is 0 Å². The van der Waals surface area contributed by atoms with E-state index in [-0.39, 0.29) is 61.2 Å². The first-order valence-electron chi connectivity index (χ1n) is 17.9. The summed E-state index contributed by atoms with van der Waals surface area (Å²) in [4.78, 5) is 56.2. The van der Waals surface area contributed by atoms with Crippen molar-refractivity contribution >= 4 is 23.6 Å². The predicted octanol–water partition coefficient (Wildman–Crippen LogP) is 3.21. The molecule has 4 amide bonds. The molecule has 49 heavy (non-hydrogen) atoms. The van der Waals surface area contributed by atoms with Crippen LogP contribution in [0.3, 0.4) is 0 Å². The Kier molecular flexibility index (Phi) is 11.5. The Morgan fingerprint density at radius 2 is 1.88 bits per heavy atom. The second kappa shape index (κ2) is 16.2. The number of hydrogen-bond acceptors (Lipinski definition) is 7. The number of amides is 4. The lowest BCUT2D eigenvalue weighted by Gasteiger charge is -2.52. The molecule has 0 aromatic heterocycles. The molecule has 1 spiro atoms. The number of aryl methyl sites for hydroxylation is 2. The van der Waals surface area contributed by atoms with Crippen LogP contribution >= 0.6 is 0 Å². The van der Waals surface area contributed by atoms with E-state index in [1.54, 1.807) is 4.90 Å². The van der Waals surface area contributed by atoms with Crippen LogP contribution in [0, 0.1) is 18.3 Å². The Hall–Kier alpha value is -3.96. The highest BCUT2D eigenvalue weighted by molar-refractivity contribution is 5.95. The molecule has 1 aliphatic carbocycles. The molecule has 1 unspecified atom stereocenters. The number of carbonyl (C=O) groups excluding carboxylic acids is 4. The van der Waals surface area contributed by atoms with E-state index in [4.69, 9.17) is 14.2 Å². The van der Waals surface area contributed by atoms with E-state index in [0.29, 0.717) is 32.5 Å². The zero-order chi connectivity index (χ0) is 34.2. The molecule has 2 aromatic rings. The third-order valence-electron chi connectivity index (χ3n) is 10.5. The maximum atomic E-state index is 13.9. The topological polar surface area (TPSA) is 135 Å². The van der Waals surface area contributed by atoms with Crippen LogP contribution in [0.25, 0.3) is 0 Å². The van der Waals surface area contributed by atoms with E-state index in [9.17, 15) is 19.2 Å². The van der Waals surface area contributed by atoms with Crippen LogP contribution in [0.1, 0.15) is 68.1 Å². The molecule has 264 valence electrons. The Morgan fingerprint density at radius 1 is 1.06 bits per heavy atom. The van der Waals surface area contributed by atoms with E-state index in [0.717, 1.165) is 67.8 Å². The Bertz CT molecular complexity index is 1470. The lowest BCUT2D eigenvalue weighted by Crippen LogP contribution is -2.56. The van der Waals surface area contributed by atoms with Gasteiger partial charge in [0.2, 0.25) is 23.6 Å². The lowest BCUT2D eigenvalue weighted by atomic mass is 9.65. The summed E-state index contributed by atoms with van der Waals surface area (Å²) in [6, 6.07) is 13.6. The van der Waals surface area contributed by atoms with Crippen molar-refractivity contribution in [3.63, 3.8) is 0 Å². The summed E-state index contributed by atoms with van der Waals surface area (Å²) in [6.45, 7) is 5.74. The number of hydrogen-bond donors (Lipinski definition) is 3. The van der Waals surface area contributed by atoms with Gasteiger partial charge in [-0.1, -0.05) is 36.4 Å². The zero-order valence-electron chi connectivity index (χ0n) is 28.5. The van der Waals surface area contributed by atoms with E-state index < -0.39 is 18.0 Å². The van der Waals surface area contributed by atoms with E-state index in [1.165, 1.54) is 0 Å². The van der Waals surface area contributed by atoms with Gasteiger partial charge in [0.25, 0.3) is 0 Å². The summed E-state index contributed by atoms with van der Waals surface area (Å²) in [5.74, 6) is -0.441. The zero-order valence-corrected chi connectivity index (χ0v) is 28.5. The monoisotopic (exact) mass is 674 g/mol. The van der Waals surface area contributed by atoms with Crippen molar-refractivity contribution in [1.29, 1.82) is 0 Å². The first-order chi connectivity index (χ1) is 23.7. The van der Waals surface area contributed by atoms with Crippen molar-refractivity contribution in [3.05, 3.63) is 65.2 Å². The van der Waals surface area contributed by atoms with Gasteiger partial charge in [-0.2, -0.15) is 0 Å². The van der Waals surface area contributed by atoms with Crippen molar-refractivity contribution < 1.29 is 33.4 Å². The third-order valence-corrected chi connectivity index (χ3v) is 10.5. The first kappa shape index (κ1) is 34.9. The number of rotatable bonds is 8. The number of carbonyl (C=O) groups is 4. The van der Waals surface area contributed by atoms with E-state index >= 15 is 0 Å². The van der Waals surface area contributed by atoms with Gasteiger partial charge in [0.1, 0.15) is 17.8 Å². The molecule has 3 N–H and O–H groups in total. The molecule has 3 heterocycles. The summed E-state index contributed by atoms with van der Waals surface area (Å²) in [6.07, 6.45) is 5.42. The minimum absolute atomic E-state index is 0.0695. The quantitative estimate of drug-likeness (QED) is 0.392. The smallest absolute Gasteiger partial charge is 0.243 e. The number of benzene rings is 2. The molecule has 3 atom stereocenters. The molecule has 3 aliphatic heterocycles. The SMILES string of the molecule is Cc1ccc2cc1CNC(=O)[C@H](CCc1ccccc1)NC(=O)[C@@H](NC(=O)CCOC1CC3(COC3)C1)CC(=O)N1CCCC(CCO2)C1. The third kappa shape index (κ3) is 9.39. The van der Waals surface area contributed by atoms with Gasteiger partial charge in [-0.15, -0.1) is 0 Å². The van der Waals surface area contributed by atoms with Gasteiger partial charge in [0, 0.05) is 31.5 Å². The molecule has 4 bridgehead atoms. The number of fused-ring (bicyclic) bond motifs is 4. The minimum Gasteiger partial charge on any atom is -0.494 e. The van der Waals surface area contributed by atoms with Crippen molar-refractivity contribution in [1.82, 2.24) is 20.9 Å². The first-order valence-corrected chi connectivity index (χ1v) is 17.9. The highest BCUT2D eigenvalue weighted by atomic mass is 16.5. The molecule has 11 nitrogen and oxygen atoms in total. The lowest BCUT2D eigenvalue weighted by molar-refractivity contribution is -0.209. The van der Waals surface area contributed by atoms with Crippen LogP contribution in [0.4, 0.5) is 0 Å². The van der Waals surface area contributed by atoms with Crippen LogP contribution in [0.2, 0.25) is 0 Å². The fourth-order valence-corrected chi connectivity index (χ4v) is 7.35. The van der Waals surface area contributed by atoms with Gasteiger partial charge in [-0.05, 0) is 86.6 Å². The van der Waals surface area contributed by atoms with Gasteiger partial charge in [-0.25, -0.2) is 0 Å². The largest absolute Gasteiger partial charge is 0.494 e. The maximum Gasteiger partial charge on any atom is 0.243 e. The van der Waals surface area contributed by atoms with Crippen molar-refractivity contribution in [2.45, 2.75) is 89.4 Å². The average Bonchev–Trinajstić information content (AvgIpc) is 3.06. The molecule has 4 aliphatic rings. The molecule has 11 heteroatoms. The summed E-state index contributed by atoms with van der Waals surface area (Å²) in [5.41, 5.74) is 3.25. The summed E-state index contributed by atoms with van der Waals surface area (Å²) in [5, 5.41) is 8.72. The van der Waals surface area contributed by atoms with Gasteiger partial charge in [-0.3, -0.25) is 19.2 Å². The molecule has 1 saturated carbocycles. The normalized spacial score (nSPS) is 24.7. The Morgan fingerprint density at radius 3 is 2.65 bits per heavy atom. The van der Waals surface area contributed by atoms with Gasteiger partial charge >= 0.3 is 0 Å². The highest BCUT2D eigenvalue weighted by Crippen LogP contribution is 2.48. The summed E-state index contributed by atoms with van der Waals surface area (Å²) < 4.78 is 17.4. The Balaban J connectivity index is 1.17. The summed E-state index contributed by atoms with van der Waals surface area (Å²) in [7, 11) is 0. The number of piperidine rings is 1. The summed E-state index contributed by atoms with van der Waals surface area (Å²) >= 11 is 0. The number of nitrogens with zero attached hydrogens (tertiary/aromatic N) is 1. The molecular weight excluding hydrogens is 624 g/mol. The molecule has 2 aromatic carbocycles. The average molecular weight is 675 g/mol. The standard InChI is InChI=1S/C38H50N4O7/c1-26-9-11-30-18-29(26)22-39-36(45)32(12-10-27-6-3-2-4-7-27)41-37(46)33(19-35(44)42-15-5-8-28(23-42)13-16-48-30)40-34(43)14-17-49-31-20-38(21-31)24-47-25-38/h2-4,6-7,9,11,18,28,31-33H,5,8,10,12-17,19-25H2,1H3,(H,39,45)(H,40,43)(H,41,46)/t28?,32-,33-/m0/s1. The fraction of sp³-hybridized carbons (Fsp3) is 0.579. The van der Waals surface area contributed by atoms with Gasteiger partial charge < -0.3 is 35.1 Å². The maximum absolute atomic E-state index is 13.9. The fourth-order valence-electron chi connectivity index (χ4n) is 7.35. The van der Waals surface area contributed by atoms with Crippen molar-refractivity contribution in [2.75, 3.05) is 39.5 Å². The molecule has 3 fully saturated rings.